The van der Waals surface area contributed by atoms with Crippen molar-refractivity contribution in [3.05, 3.63) is 82.8 Å². The molecule has 2 nitrogen and oxygen atoms in total. The van der Waals surface area contributed by atoms with Gasteiger partial charge in [-0.05, 0) is 80.8 Å². The minimum Gasteiger partial charge on any atom is -0.353 e. The molecule has 5 aromatic carbocycles. The lowest BCUT2D eigenvalue weighted by atomic mass is 9.89. The van der Waals surface area contributed by atoms with Gasteiger partial charge in [-0.25, -0.2) is 0 Å². The molecule has 0 N–H and O–H groups in total. The number of rotatable bonds is 5. The SMILES string of the molecule is Brc1ccc2ccc3c(-c4ccc(CCOC5CCCCO5)cc4)ccc4ccc1c2c43. The molecule has 0 radical (unpaired) electrons. The summed E-state index contributed by atoms with van der Waals surface area (Å²) in [6.45, 7) is 1.53. The molecule has 1 aliphatic rings. The molecule has 6 rings (SSSR count). The summed E-state index contributed by atoms with van der Waals surface area (Å²) in [7, 11) is 0. The van der Waals surface area contributed by atoms with Crippen molar-refractivity contribution >= 4 is 48.2 Å². The van der Waals surface area contributed by atoms with Gasteiger partial charge in [0.25, 0.3) is 0 Å². The second-order valence-corrected chi connectivity index (χ2v) is 9.55. The summed E-state index contributed by atoms with van der Waals surface area (Å²) in [5, 5.41) is 7.85. The normalized spacial score (nSPS) is 17.0. The maximum Gasteiger partial charge on any atom is 0.157 e. The molecule has 0 spiro atoms. The fraction of sp³-hybridized carbons (Fsp3) is 0.241. The van der Waals surface area contributed by atoms with Gasteiger partial charge in [-0.1, -0.05) is 82.7 Å². The van der Waals surface area contributed by atoms with Crippen molar-refractivity contribution in [2.75, 3.05) is 13.2 Å². The van der Waals surface area contributed by atoms with Crippen LogP contribution in [0.2, 0.25) is 0 Å². The molecule has 0 bridgehead atoms. The Bertz CT molecular complexity index is 1380. The van der Waals surface area contributed by atoms with Crippen LogP contribution in [0.25, 0.3) is 43.4 Å². The van der Waals surface area contributed by atoms with E-state index in [4.69, 9.17) is 9.47 Å². The Hall–Kier alpha value is -2.46. The van der Waals surface area contributed by atoms with Crippen LogP contribution in [0.3, 0.4) is 0 Å². The van der Waals surface area contributed by atoms with Crippen LogP contribution in [0.1, 0.15) is 24.8 Å². The number of halogens is 1. The van der Waals surface area contributed by atoms with E-state index < -0.39 is 0 Å². The van der Waals surface area contributed by atoms with Gasteiger partial charge in [-0.3, -0.25) is 0 Å². The average molecular weight is 485 g/mol. The molecule has 1 aliphatic heterocycles. The van der Waals surface area contributed by atoms with Gasteiger partial charge in [0.05, 0.1) is 6.61 Å². The van der Waals surface area contributed by atoms with Crippen LogP contribution < -0.4 is 0 Å². The largest absolute Gasteiger partial charge is 0.353 e. The Kier molecular flexibility index (Phi) is 5.34. The third-order valence-corrected chi connectivity index (χ3v) is 7.40. The smallest absolute Gasteiger partial charge is 0.157 e. The number of benzene rings is 5. The molecule has 160 valence electrons. The second-order valence-electron chi connectivity index (χ2n) is 8.70. The van der Waals surface area contributed by atoms with Crippen molar-refractivity contribution in [3.8, 4) is 11.1 Å². The summed E-state index contributed by atoms with van der Waals surface area (Å²) < 4.78 is 12.7. The molecule has 32 heavy (non-hydrogen) atoms. The van der Waals surface area contributed by atoms with Crippen molar-refractivity contribution in [1.82, 2.24) is 0 Å². The predicted octanol–water partition coefficient (Wildman–Crippen LogP) is 8.10. The Labute approximate surface area is 196 Å². The van der Waals surface area contributed by atoms with Crippen molar-refractivity contribution in [1.29, 1.82) is 0 Å². The van der Waals surface area contributed by atoms with Gasteiger partial charge in [0.2, 0.25) is 0 Å². The lowest BCUT2D eigenvalue weighted by Crippen LogP contribution is -2.23. The van der Waals surface area contributed by atoms with E-state index in [-0.39, 0.29) is 6.29 Å². The molecule has 0 aromatic heterocycles. The summed E-state index contributed by atoms with van der Waals surface area (Å²) in [5.74, 6) is 0. The summed E-state index contributed by atoms with van der Waals surface area (Å²) in [4.78, 5) is 0. The van der Waals surface area contributed by atoms with E-state index in [9.17, 15) is 0 Å². The van der Waals surface area contributed by atoms with E-state index in [0.717, 1.165) is 30.3 Å². The molecule has 1 atom stereocenters. The van der Waals surface area contributed by atoms with E-state index in [1.807, 2.05) is 0 Å². The van der Waals surface area contributed by atoms with Gasteiger partial charge >= 0.3 is 0 Å². The first-order chi connectivity index (χ1) is 15.8. The van der Waals surface area contributed by atoms with Crippen molar-refractivity contribution in [2.24, 2.45) is 0 Å². The van der Waals surface area contributed by atoms with Gasteiger partial charge in [-0.15, -0.1) is 0 Å². The van der Waals surface area contributed by atoms with Crippen LogP contribution in [-0.2, 0) is 15.9 Å². The first kappa shape index (κ1) is 20.2. The highest BCUT2D eigenvalue weighted by atomic mass is 79.9. The van der Waals surface area contributed by atoms with Crippen molar-refractivity contribution in [3.63, 3.8) is 0 Å². The molecule has 1 unspecified atom stereocenters. The van der Waals surface area contributed by atoms with E-state index in [1.54, 1.807) is 0 Å². The topological polar surface area (TPSA) is 18.5 Å². The number of hydrogen-bond acceptors (Lipinski definition) is 2. The molecular formula is C29H25BrO2. The zero-order valence-corrected chi connectivity index (χ0v) is 19.5. The van der Waals surface area contributed by atoms with Crippen molar-refractivity contribution in [2.45, 2.75) is 32.0 Å². The third-order valence-electron chi connectivity index (χ3n) is 6.71. The van der Waals surface area contributed by atoms with Crippen LogP contribution in [0, 0.1) is 0 Å². The molecule has 1 saturated heterocycles. The maximum absolute atomic E-state index is 5.91. The zero-order chi connectivity index (χ0) is 21.5. The van der Waals surface area contributed by atoms with Crippen LogP contribution >= 0.6 is 15.9 Å². The van der Waals surface area contributed by atoms with Gasteiger partial charge < -0.3 is 9.47 Å². The van der Waals surface area contributed by atoms with E-state index in [0.29, 0.717) is 6.61 Å². The highest BCUT2D eigenvalue weighted by molar-refractivity contribution is 9.10. The fourth-order valence-electron chi connectivity index (χ4n) is 5.02. The zero-order valence-electron chi connectivity index (χ0n) is 17.9. The monoisotopic (exact) mass is 484 g/mol. The summed E-state index contributed by atoms with van der Waals surface area (Å²) in [6.07, 6.45) is 4.27. The standard InChI is InChI=1S/C29H25BrO2/c30-26-15-11-22-9-13-24-23(12-8-21-10-14-25(26)29(22)28(21)24)20-6-4-19(5-7-20)16-18-32-27-3-1-2-17-31-27/h4-15,27H,1-3,16-18H2. The Balaban J connectivity index is 1.31. The average Bonchev–Trinajstić information content (AvgIpc) is 2.85. The Morgan fingerprint density at radius 2 is 1.50 bits per heavy atom. The molecule has 5 aromatic rings. The second kappa shape index (κ2) is 8.47. The molecule has 0 amide bonds. The number of ether oxygens (including phenoxy) is 2. The molecule has 1 fully saturated rings. The highest BCUT2D eigenvalue weighted by Crippen LogP contribution is 2.41. The first-order valence-corrected chi connectivity index (χ1v) is 12.3. The summed E-state index contributed by atoms with van der Waals surface area (Å²) in [5.41, 5.74) is 3.83. The molecule has 0 aliphatic carbocycles. The molecule has 1 heterocycles. The minimum absolute atomic E-state index is 0.0136. The number of hydrogen-bond donors (Lipinski definition) is 0. The maximum atomic E-state index is 5.91. The van der Waals surface area contributed by atoms with E-state index in [1.165, 1.54) is 55.4 Å². The first-order valence-electron chi connectivity index (χ1n) is 11.5. The van der Waals surface area contributed by atoms with Gasteiger partial charge in [-0.2, -0.15) is 0 Å². The van der Waals surface area contributed by atoms with Crippen molar-refractivity contribution < 1.29 is 9.47 Å². The summed E-state index contributed by atoms with van der Waals surface area (Å²) in [6, 6.07) is 26.8. The van der Waals surface area contributed by atoms with Crippen LogP contribution in [-0.4, -0.2) is 19.5 Å². The fourth-order valence-corrected chi connectivity index (χ4v) is 5.48. The van der Waals surface area contributed by atoms with E-state index in [2.05, 4.69) is 88.7 Å². The molecule has 0 saturated carbocycles. The van der Waals surface area contributed by atoms with Gasteiger partial charge in [0, 0.05) is 11.1 Å². The van der Waals surface area contributed by atoms with Gasteiger partial charge in [0.1, 0.15) is 0 Å². The van der Waals surface area contributed by atoms with Gasteiger partial charge in [0.15, 0.2) is 6.29 Å². The van der Waals surface area contributed by atoms with Crippen LogP contribution in [0.4, 0.5) is 0 Å². The molecular weight excluding hydrogens is 460 g/mol. The lowest BCUT2D eigenvalue weighted by molar-refractivity contribution is -0.161. The lowest BCUT2D eigenvalue weighted by Gasteiger charge is -2.22. The Morgan fingerprint density at radius 1 is 0.781 bits per heavy atom. The van der Waals surface area contributed by atoms with E-state index >= 15 is 0 Å². The molecule has 3 heteroatoms. The predicted molar refractivity (Wildman–Crippen MR) is 137 cm³/mol. The minimum atomic E-state index is -0.0136. The Morgan fingerprint density at radius 3 is 2.28 bits per heavy atom. The third kappa shape index (κ3) is 3.59. The summed E-state index contributed by atoms with van der Waals surface area (Å²) >= 11 is 3.74. The highest BCUT2D eigenvalue weighted by Gasteiger charge is 2.15. The quantitative estimate of drug-likeness (QED) is 0.234. The van der Waals surface area contributed by atoms with Crippen LogP contribution in [0.5, 0.6) is 0 Å². The van der Waals surface area contributed by atoms with Crippen LogP contribution in [0.15, 0.2) is 77.3 Å².